The quantitative estimate of drug-likeness (QED) is 0.697. The summed E-state index contributed by atoms with van der Waals surface area (Å²) in [6.07, 6.45) is 8.96. The summed E-state index contributed by atoms with van der Waals surface area (Å²) < 4.78 is 5.29. The summed E-state index contributed by atoms with van der Waals surface area (Å²) in [4.78, 5) is 12.2. The summed E-state index contributed by atoms with van der Waals surface area (Å²) in [7, 11) is 0. The Balaban J connectivity index is 1.44. The van der Waals surface area contributed by atoms with Crippen molar-refractivity contribution in [2.45, 2.75) is 44.9 Å². The third kappa shape index (κ3) is 3.17. The Morgan fingerprint density at radius 3 is 2.25 bits per heavy atom. The standard InChI is InChI=1S/C16H28N2O2/c17-1-3-20-4-2-18-15(19)11-16-8-12-5-13(9-16)7-14(6-12)10-16/h12-14H,1-11,17H2,(H,18,19). The van der Waals surface area contributed by atoms with Gasteiger partial charge in [-0.2, -0.15) is 0 Å². The van der Waals surface area contributed by atoms with E-state index in [2.05, 4.69) is 5.32 Å². The fourth-order valence-electron chi connectivity index (χ4n) is 5.36. The zero-order chi connectivity index (χ0) is 14.0. The van der Waals surface area contributed by atoms with E-state index in [4.69, 9.17) is 10.5 Å². The molecule has 4 fully saturated rings. The highest BCUT2D eigenvalue weighted by atomic mass is 16.5. The van der Waals surface area contributed by atoms with Gasteiger partial charge in [0.25, 0.3) is 0 Å². The van der Waals surface area contributed by atoms with E-state index in [1.54, 1.807) is 0 Å². The first-order chi connectivity index (χ1) is 9.69. The Labute approximate surface area is 121 Å². The minimum absolute atomic E-state index is 0.225. The van der Waals surface area contributed by atoms with Crippen molar-refractivity contribution in [1.29, 1.82) is 0 Å². The normalized spacial score (nSPS) is 38.1. The van der Waals surface area contributed by atoms with Crippen LogP contribution in [0, 0.1) is 23.2 Å². The molecule has 4 aliphatic carbocycles. The number of hydrogen-bond donors (Lipinski definition) is 2. The van der Waals surface area contributed by atoms with Crippen molar-refractivity contribution in [3.8, 4) is 0 Å². The van der Waals surface area contributed by atoms with E-state index in [0.29, 0.717) is 31.7 Å². The van der Waals surface area contributed by atoms with Crippen LogP contribution in [-0.2, 0) is 9.53 Å². The molecule has 4 aliphatic rings. The maximum Gasteiger partial charge on any atom is 0.220 e. The number of rotatable bonds is 7. The molecule has 4 bridgehead atoms. The highest BCUT2D eigenvalue weighted by Crippen LogP contribution is 2.61. The molecule has 114 valence electrons. The summed E-state index contributed by atoms with van der Waals surface area (Å²) >= 11 is 0. The van der Waals surface area contributed by atoms with Crippen molar-refractivity contribution in [2.24, 2.45) is 28.9 Å². The Morgan fingerprint density at radius 1 is 1.10 bits per heavy atom. The van der Waals surface area contributed by atoms with Crippen LogP contribution in [-0.4, -0.2) is 32.2 Å². The van der Waals surface area contributed by atoms with E-state index < -0.39 is 0 Å². The van der Waals surface area contributed by atoms with Gasteiger partial charge in [-0.25, -0.2) is 0 Å². The molecule has 0 radical (unpaired) electrons. The number of ether oxygens (including phenoxy) is 1. The maximum atomic E-state index is 12.2. The van der Waals surface area contributed by atoms with Gasteiger partial charge in [-0.3, -0.25) is 4.79 Å². The van der Waals surface area contributed by atoms with E-state index in [1.165, 1.54) is 38.5 Å². The van der Waals surface area contributed by atoms with Crippen molar-refractivity contribution in [2.75, 3.05) is 26.3 Å². The van der Waals surface area contributed by atoms with Gasteiger partial charge in [0.2, 0.25) is 5.91 Å². The average molecular weight is 280 g/mol. The maximum absolute atomic E-state index is 12.2. The van der Waals surface area contributed by atoms with Gasteiger partial charge in [-0.05, 0) is 61.7 Å². The van der Waals surface area contributed by atoms with Crippen LogP contribution in [0.4, 0.5) is 0 Å². The Morgan fingerprint density at radius 2 is 1.70 bits per heavy atom. The van der Waals surface area contributed by atoms with Crippen molar-refractivity contribution >= 4 is 5.91 Å². The Bertz CT molecular complexity index is 321. The van der Waals surface area contributed by atoms with Gasteiger partial charge in [0.1, 0.15) is 0 Å². The van der Waals surface area contributed by atoms with Gasteiger partial charge in [-0.15, -0.1) is 0 Å². The molecular weight excluding hydrogens is 252 g/mol. The van der Waals surface area contributed by atoms with Crippen molar-refractivity contribution in [3.05, 3.63) is 0 Å². The molecule has 20 heavy (non-hydrogen) atoms. The zero-order valence-corrected chi connectivity index (χ0v) is 12.4. The molecule has 0 atom stereocenters. The molecule has 0 aromatic carbocycles. The van der Waals surface area contributed by atoms with Crippen LogP contribution < -0.4 is 11.1 Å². The lowest BCUT2D eigenvalue weighted by molar-refractivity contribution is -0.129. The average Bonchev–Trinajstić information content (AvgIpc) is 2.36. The molecule has 0 spiro atoms. The fraction of sp³-hybridized carbons (Fsp3) is 0.938. The van der Waals surface area contributed by atoms with Gasteiger partial charge in [0.15, 0.2) is 0 Å². The lowest BCUT2D eigenvalue weighted by Gasteiger charge is -2.56. The minimum Gasteiger partial charge on any atom is -0.378 e. The lowest BCUT2D eigenvalue weighted by Crippen LogP contribution is -2.48. The van der Waals surface area contributed by atoms with E-state index in [0.717, 1.165) is 24.2 Å². The highest BCUT2D eigenvalue weighted by molar-refractivity contribution is 5.76. The summed E-state index contributed by atoms with van der Waals surface area (Å²) in [6.45, 7) is 2.31. The molecule has 0 aromatic rings. The van der Waals surface area contributed by atoms with Gasteiger partial charge in [0.05, 0.1) is 13.2 Å². The van der Waals surface area contributed by atoms with Gasteiger partial charge < -0.3 is 15.8 Å². The molecule has 4 rings (SSSR count). The van der Waals surface area contributed by atoms with E-state index >= 15 is 0 Å². The van der Waals surface area contributed by atoms with Gasteiger partial charge in [-0.1, -0.05) is 0 Å². The molecular formula is C16H28N2O2. The summed E-state index contributed by atoms with van der Waals surface area (Å²) in [6, 6.07) is 0. The van der Waals surface area contributed by atoms with Gasteiger partial charge >= 0.3 is 0 Å². The second-order valence-corrected chi connectivity index (χ2v) is 7.35. The van der Waals surface area contributed by atoms with Crippen LogP contribution in [0.5, 0.6) is 0 Å². The second-order valence-electron chi connectivity index (χ2n) is 7.35. The number of amides is 1. The van der Waals surface area contributed by atoms with E-state index in [1.807, 2.05) is 0 Å². The SMILES string of the molecule is NCCOCCNC(=O)CC12CC3CC(CC(C3)C1)C2. The molecule has 3 N–H and O–H groups in total. The van der Waals surface area contributed by atoms with Crippen molar-refractivity contribution in [3.63, 3.8) is 0 Å². The molecule has 0 saturated heterocycles. The topological polar surface area (TPSA) is 64.3 Å². The third-order valence-corrected chi connectivity index (χ3v) is 5.53. The van der Waals surface area contributed by atoms with E-state index in [9.17, 15) is 4.79 Å². The van der Waals surface area contributed by atoms with Crippen LogP contribution in [0.15, 0.2) is 0 Å². The molecule has 4 heteroatoms. The summed E-state index contributed by atoms with van der Waals surface area (Å²) in [5.41, 5.74) is 5.70. The Hall–Kier alpha value is -0.610. The molecule has 0 heterocycles. The fourth-order valence-corrected chi connectivity index (χ4v) is 5.36. The number of carbonyl (C=O) groups is 1. The molecule has 4 nitrogen and oxygen atoms in total. The molecule has 1 amide bonds. The first kappa shape index (κ1) is 14.3. The first-order valence-corrected chi connectivity index (χ1v) is 8.24. The number of carbonyl (C=O) groups excluding carboxylic acids is 1. The Kier molecular flexibility index (Phi) is 4.32. The molecule has 0 aliphatic heterocycles. The summed E-state index contributed by atoms with van der Waals surface area (Å²) in [5, 5.41) is 3.01. The number of nitrogens with two attached hydrogens (primary N) is 1. The molecule has 0 aromatic heterocycles. The number of nitrogens with one attached hydrogen (secondary N) is 1. The smallest absolute Gasteiger partial charge is 0.220 e. The van der Waals surface area contributed by atoms with Gasteiger partial charge in [0, 0.05) is 19.5 Å². The minimum atomic E-state index is 0.225. The lowest BCUT2D eigenvalue weighted by atomic mass is 9.49. The summed E-state index contributed by atoms with van der Waals surface area (Å²) in [5.74, 6) is 2.98. The highest BCUT2D eigenvalue weighted by Gasteiger charge is 2.51. The predicted molar refractivity (Wildman–Crippen MR) is 78.1 cm³/mol. The van der Waals surface area contributed by atoms with E-state index in [-0.39, 0.29) is 5.91 Å². The molecule has 0 unspecified atom stereocenters. The second kappa shape index (κ2) is 6.02. The van der Waals surface area contributed by atoms with Crippen LogP contribution in [0.25, 0.3) is 0 Å². The zero-order valence-electron chi connectivity index (χ0n) is 12.4. The first-order valence-electron chi connectivity index (χ1n) is 8.24. The van der Waals surface area contributed by atoms with Crippen LogP contribution in [0.1, 0.15) is 44.9 Å². The van der Waals surface area contributed by atoms with Crippen LogP contribution in [0.2, 0.25) is 0 Å². The number of hydrogen-bond acceptors (Lipinski definition) is 3. The van der Waals surface area contributed by atoms with Crippen LogP contribution in [0.3, 0.4) is 0 Å². The monoisotopic (exact) mass is 280 g/mol. The third-order valence-electron chi connectivity index (χ3n) is 5.53. The van der Waals surface area contributed by atoms with Crippen molar-refractivity contribution in [1.82, 2.24) is 5.32 Å². The van der Waals surface area contributed by atoms with Crippen molar-refractivity contribution < 1.29 is 9.53 Å². The largest absolute Gasteiger partial charge is 0.378 e. The predicted octanol–water partition coefficient (Wildman–Crippen LogP) is 1.68. The van der Waals surface area contributed by atoms with Crippen LogP contribution >= 0.6 is 0 Å². The molecule has 4 saturated carbocycles.